The first-order chi connectivity index (χ1) is 8.09. The Hall–Kier alpha value is -0.770. The highest BCUT2D eigenvalue weighted by Crippen LogP contribution is 2.36. The van der Waals surface area contributed by atoms with Gasteiger partial charge in [0.25, 0.3) is 5.91 Å². The molecular formula is C12H19ClN2O2. The molecule has 2 rings (SSSR count). The molecular weight excluding hydrogens is 240 g/mol. The van der Waals surface area contributed by atoms with Gasteiger partial charge in [-0.3, -0.25) is 9.69 Å². The molecule has 0 atom stereocenters. The fourth-order valence-corrected chi connectivity index (χ4v) is 2.81. The second-order valence-corrected chi connectivity index (χ2v) is 5.57. The van der Waals surface area contributed by atoms with E-state index in [-0.39, 0.29) is 11.9 Å². The Morgan fingerprint density at radius 3 is 2.65 bits per heavy atom. The highest BCUT2D eigenvalue weighted by molar-refractivity contribution is 6.17. The van der Waals surface area contributed by atoms with E-state index in [4.69, 9.17) is 11.6 Å². The van der Waals surface area contributed by atoms with Crippen molar-refractivity contribution in [2.45, 2.75) is 44.6 Å². The number of alkyl halides is 1. The third-order valence-corrected chi connectivity index (χ3v) is 4.16. The number of carbonyl (C=O) groups is 2. The van der Waals surface area contributed by atoms with E-state index >= 15 is 0 Å². The fourth-order valence-electron chi connectivity index (χ4n) is 2.69. The van der Waals surface area contributed by atoms with Gasteiger partial charge in [-0.05, 0) is 38.0 Å². The fraction of sp³-hybridized carbons (Fsp3) is 0.833. The molecule has 17 heavy (non-hydrogen) atoms. The molecule has 3 amide bonds. The third-order valence-electron chi connectivity index (χ3n) is 3.89. The summed E-state index contributed by atoms with van der Waals surface area (Å²) in [5.74, 6) is 1.09. The number of halogens is 1. The van der Waals surface area contributed by atoms with Crippen LogP contribution >= 0.6 is 11.6 Å². The van der Waals surface area contributed by atoms with Gasteiger partial charge >= 0.3 is 6.03 Å². The third kappa shape index (κ3) is 2.28. The van der Waals surface area contributed by atoms with Crippen molar-refractivity contribution in [1.29, 1.82) is 0 Å². The summed E-state index contributed by atoms with van der Waals surface area (Å²) in [6.45, 7) is 2.63. The highest BCUT2D eigenvalue weighted by atomic mass is 35.5. The van der Waals surface area contributed by atoms with E-state index in [2.05, 4.69) is 12.2 Å². The summed E-state index contributed by atoms with van der Waals surface area (Å²) in [6, 6.07) is -0.241. The molecule has 1 saturated heterocycles. The molecule has 0 bridgehead atoms. The summed E-state index contributed by atoms with van der Waals surface area (Å²) in [4.78, 5) is 25.4. The number of imide groups is 1. The molecule has 0 aromatic carbocycles. The van der Waals surface area contributed by atoms with Gasteiger partial charge in [0.2, 0.25) is 0 Å². The molecule has 2 fully saturated rings. The predicted molar refractivity (Wildman–Crippen MR) is 65.9 cm³/mol. The molecule has 4 nitrogen and oxygen atoms in total. The molecule has 1 aliphatic heterocycles. The maximum atomic E-state index is 12.3. The minimum Gasteiger partial charge on any atom is -0.323 e. The number of nitrogens with zero attached hydrogens (tertiary/aromatic N) is 1. The van der Waals surface area contributed by atoms with Crippen LogP contribution in [0.3, 0.4) is 0 Å². The van der Waals surface area contributed by atoms with E-state index in [1.807, 2.05) is 0 Å². The van der Waals surface area contributed by atoms with Gasteiger partial charge in [0.05, 0.1) is 0 Å². The SMILES string of the molecule is CC1CCC2(CC1)NC(=O)N(CCCCl)C2=O. The molecule has 0 radical (unpaired) electrons. The summed E-state index contributed by atoms with van der Waals surface area (Å²) in [7, 11) is 0. The Bertz CT molecular complexity index is 324. The molecule has 1 aliphatic carbocycles. The number of urea groups is 1. The van der Waals surface area contributed by atoms with Crippen LogP contribution in [0.5, 0.6) is 0 Å². The maximum Gasteiger partial charge on any atom is 0.325 e. The summed E-state index contributed by atoms with van der Waals surface area (Å²) >= 11 is 5.60. The lowest BCUT2D eigenvalue weighted by molar-refractivity contribution is -0.132. The van der Waals surface area contributed by atoms with Gasteiger partial charge < -0.3 is 5.32 Å². The Morgan fingerprint density at radius 2 is 2.06 bits per heavy atom. The lowest BCUT2D eigenvalue weighted by atomic mass is 9.77. The van der Waals surface area contributed by atoms with Crippen molar-refractivity contribution in [1.82, 2.24) is 10.2 Å². The molecule has 5 heteroatoms. The molecule has 1 saturated carbocycles. The van der Waals surface area contributed by atoms with E-state index in [1.165, 1.54) is 4.90 Å². The quantitative estimate of drug-likeness (QED) is 0.623. The van der Waals surface area contributed by atoms with Crippen molar-refractivity contribution in [3.8, 4) is 0 Å². The van der Waals surface area contributed by atoms with Crippen LogP contribution in [0, 0.1) is 5.92 Å². The molecule has 0 aromatic heterocycles. The van der Waals surface area contributed by atoms with Crippen molar-refractivity contribution in [3.05, 3.63) is 0 Å². The smallest absolute Gasteiger partial charge is 0.323 e. The number of carbonyl (C=O) groups excluding carboxylic acids is 2. The number of amides is 3. The number of rotatable bonds is 3. The Morgan fingerprint density at radius 1 is 1.41 bits per heavy atom. The van der Waals surface area contributed by atoms with Gasteiger partial charge in [-0.25, -0.2) is 4.79 Å². The first kappa shape index (κ1) is 12.7. The van der Waals surface area contributed by atoms with Gasteiger partial charge in [0.1, 0.15) is 5.54 Å². The highest BCUT2D eigenvalue weighted by Gasteiger charge is 2.51. The zero-order chi connectivity index (χ0) is 12.5. The van der Waals surface area contributed by atoms with Crippen LogP contribution < -0.4 is 5.32 Å². The number of hydrogen-bond acceptors (Lipinski definition) is 2. The van der Waals surface area contributed by atoms with Crippen molar-refractivity contribution in [2.75, 3.05) is 12.4 Å². The average molecular weight is 259 g/mol. The van der Waals surface area contributed by atoms with Gasteiger partial charge in [-0.1, -0.05) is 6.92 Å². The number of hydrogen-bond donors (Lipinski definition) is 1. The van der Waals surface area contributed by atoms with Crippen LogP contribution in [-0.4, -0.2) is 34.8 Å². The molecule has 0 unspecified atom stereocenters. The second-order valence-electron chi connectivity index (χ2n) is 5.19. The molecule has 96 valence electrons. The zero-order valence-electron chi connectivity index (χ0n) is 10.2. The summed E-state index contributed by atoms with van der Waals surface area (Å²) in [6.07, 6.45) is 4.23. The predicted octanol–water partition coefficient (Wildman–Crippen LogP) is 2.12. The molecule has 1 N–H and O–H groups in total. The Balaban J connectivity index is 2.06. The van der Waals surface area contributed by atoms with E-state index < -0.39 is 5.54 Å². The van der Waals surface area contributed by atoms with E-state index in [9.17, 15) is 9.59 Å². The first-order valence-electron chi connectivity index (χ1n) is 6.29. The molecule has 2 aliphatic rings. The normalized spacial score (nSPS) is 33.3. The van der Waals surface area contributed by atoms with Crippen LogP contribution in [0.2, 0.25) is 0 Å². The minimum absolute atomic E-state index is 0.0421. The number of nitrogens with one attached hydrogen (secondary N) is 1. The first-order valence-corrected chi connectivity index (χ1v) is 6.82. The van der Waals surface area contributed by atoms with Gasteiger partial charge in [0.15, 0.2) is 0 Å². The lowest BCUT2D eigenvalue weighted by Crippen LogP contribution is -2.49. The molecule has 0 aromatic rings. The van der Waals surface area contributed by atoms with Gasteiger partial charge in [-0.2, -0.15) is 0 Å². The van der Waals surface area contributed by atoms with Crippen LogP contribution in [0.1, 0.15) is 39.0 Å². The standard InChI is InChI=1S/C12H19ClN2O2/c1-9-3-5-12(6-4-9)10(16)15(8-2-7-13)11(17)14-12/h9H,2-8H2,1H3,(H,14,17). The van der Waals surface area contributed by atoms with Crippen molar-refractivity contribution >= 4 is 23.5 Å². The Kier molecular flexibility index (Phi) is 3.61. The van der Waals surface area contributed by atoms with Crippen molar-refractivity contribution in [3.63, 3.8) is 0 Å². The van der Waals surface area contributed by atoms with Crippen LogP contribution in [0.4, 0.5) is 4.79 Å². The monoisotopic (exact) mass is 258 g/mol. The van der Waals surface area contributed by atoms with E-state index in [0.717, 1.165) is 25.7 Å². The van der Waals surface area contributed by atoms with Gasteiger partial charge in [-0.15, -0.1) is 11.6 Å². The topological polar surface area (TPSA) is 49.4 Å². The average Bonchev–Trinajstić information content (AvgIpc) is 2.54. The lowest BCUT2D eigenvalue weighted by Gasteiger charge is -2.33. The second kappa shape index (κ2) is 4.84. The van der Waals surface area contributed by atoms with Crippen molar-refractivity contribution in [2.24, 2.45) is 5.92 Å². The van der Waals surface area contributed by atoms with Crippen LogP contribution in [0.15, 0.2) is 0 Å². The zero-order valence-corrected chi connectivity index (χ0v) is 10.9. The summed E-state index contributed by atoms with van der Waals surface area (Å²) in [5, 5.41) is 2.89. The maximum absolute atomic E-state index is 12.3. The largest absolute Gasteiger partial charge is 0.325 e. The van der Waals surface area contributed by atoms with Gasteiger partial charge in [0, 0.05) is 12.4 Å². The minimum atomic E-state index is -0.601. The van der Waals surface area contributed by atoms with E-state index in [1.54, 1.807) is 0 Å². The molecule has 1 spiro atoms. The van der Waals surface area contributed by atoms with Crippen molar-refractivity contribution < 1.29 is 9.59 Å². The summed E-state index contributed by atoms with van der Waals surface area (Å²) in [5.41, 5.74) is -0.601. The summed E-state index contributed by atoms with van der Waals surface area (Å²) < 4.78 is 0. The van der Waals surface area contributed by atoms with Crippen LogP contribution in [0.25, 0.3) is 0 Å². The van der Waals surface area contributed by atoms with Crippen LogP contribution in [-0.2, 0) is 4.79 Å². The molecule has 1 heterocycles. The Labute approximate surface area is 107 Å². The van der Waals surface area contributed by atoms with E-state index in [0.29, 0.717) is 24.8 Å².